The SMILES string of the molecule is C=C[C@@H](C)CC[C@H]1C(C)=CC[C@H]2C(C)(C)CC[C@@H](O[C@@H]3O[C@H](C)[C@H](O)[C@H](O)[C@H]3O)[C@]12C. The third kappa shape index (κ3) is 4.54. The third-order valence-electron chi connectivity index (χ3n) is 8.83. The van der Waals surface area contributed by atoms with E-state index < -0.39 is 30.7 Å². The highest BCUT2D eigenvalue weighted by Crippen LogP contribution is 2.61. The van der Waals surface area contributed by atoms with Gasteiger partial charge in [-0.1, -0.05) is 45.4 Å². The van der Waals surface area contributed by atoms with Crippen LogP contribution in [0.25, 0.3) is 0 Å². The van der Waals surface area contributed by atoms with E-state index in [0.717, 1.165) is 32.1 Å². The number of allylic oxidation sites excluding steroid dienone is 3. The van der Waals surface area contributed by atoms with E-state index >= 15 is 0 Å². The Labute approximate surface area is 188 Å². The summed E-state index contributed by atoms with van der Waals surface area (Å²) in [4.78, 5) is 0. The molecule has 5 nitrogen and oxygen atoms in total. The average molecular weight is 437 g/mol. The van der Waals surface area contributed by atoms with Crippen molar-refractivity contribution in [3.8, 4) is 0 Å². The fraction of sp³-hybridized carbons (Fsp3) is 0.846. The minimum atomic E-state index is -1.27. The summed E-state index contributed by atoms with van der Waals surface area (Å²) in [6, 6.07) is 0. The Bertz CT molecular complexity index is 673. The molecule has 0 aromatic rings. The highest BCUT2D eigenvalue weighted by molar-refractivity contribution is 5.20. The van der Waals surface area contributed by atoms with Gasteiger partial charge >= 0.3 is 0 Å². The molecule has 3 N–H and O–H groups in total. The van der Waals surface area contributed by atoms with E-state index in [-0.39, 0.29) is 16.9 Å². The third-order valence-corrected chi connectivity index (χ3v) is 8.83. The van der Waals surface area contributed by atoms with Crippen LogP contribution < -0.4 is 0 Å². The molecule has 5 heteroatoms. The second kappa shape index (κ2) is 9.26. The molecule has 0 aromatic carbocycles. The standard InChI is InChI=1S/C26H44O5/c1-8-15(2)9-11-18-16(3)10-12-19-25(5,6)14-13-20(26(18,19)7)31-24-23(29)22(28)21(27)17(4)30-24/h8,10,15,17-24,27-29H,1,9,11-14H2,2-7H3/t15-,17-,18+,19+,20-,21+,22+,23-,24+,26-/m1/s1. The Morgan fingerprint density at radius 2 is 1.90 bits per heavy atom. The zero-order valence-corrected chi connectivity index (χ0v) is 20.3. The van der Waals surface area contributed by atoms with Crippen LogP contribution in [0.2, 0.25) is 0 Å². The van der Waals surface area contributed by atoms with E-state index in [1.165, 1.54) is 5.57 Å². The molecule has 0 radical (unpaired) electrons. The first kappa shape index (κ1) is 24.9. The van der Waals surface area contributed by atoms with E-state index in [1.54, 1.807) is 6.92 Å². The van der Waals surface area contributed by atoms with Crippen molar-refractivity contribution in [2.75, 3.05) is 0 Å². The van der Waals surface area contributed by atoms with Gasteiger partial charge in [-0.15, -0.1) is 6.58 Å². The topological polar surface area (TPSA) is 79.2 Å². The van der Waals surface area contributed by atoms with Crippen molar-refractivity contribution in [3.05, 3.63) is 24.3 Å². The molecule has 178 valence electrons. The first-order valence-corrected chi connectivity index (χ1v) is 12.1. The molecule has 2 fully saturated rings. The van der Waals surface area contributed by atoms with Gasteiger partial charge in [0.05, 0.1) is 12.2 Å². The number of rotatable bonds is 6. The van der Waals surface area contributed by atoms with Crippen LogP contribution in [-0.4, -0.2) is 52.1 Å². The van der Waals surface area contributed by atoms with Crippen LogP contribution in [-0.2, 0) is 9.47 Å². The molecule has 1 saturated carbocycles. The lowest BCUT2D eigenvalue weighted by Gasteiger charge is -2.60. The summed E-state index contributed by atoms with van der Waals surface area (Å²) in [7, 11) is 0. The first-order valence-electron chi connectivity index (χ1n) is 12.1. The molecular formula is C26H44O5. The van der Waals surface area contributed by atoms with E-state index in [2.05, 4.69) is 47.3 Å². The molecule has 3 aliphatic rings. The minimum Gasteiger partial charge on any atom is -0.388 e. The molecule has 0 spiro atoms. The van der Waals surface area contributed by atoms with Gasteiger partial charge in [0.1, 0.15) is 18.3 Å². The maximum Gasteiger partial charge on any atom is 0.186 e. The molecule has 0 bridgehead atoms. The van der Waals surface area contributed by atoms with Crippen molar-refractivity contribution in [2.45, 2.75) is 110 Å². The smallest absolute Gasteiger partial charge is 0.186 e. The summed E-state index contributed by atoms with van der Waals surface area (Å²) in [5, 5.41) is 30.9. The number of fused-ring (bicyclic) bond motifs is 1. The minimum absolute atomic E-state index is 0.0903. The summed E-state index contributed by atoms with van der Waals surface area (Å²) < 4.78 is 12.3. The van der Waals surface area contributed by atoms with Crippen molar-refractivity contribution in [2.24, 2.45) is 28.6 Å². The van der Waals surface area contributed by atoms with Crippen LogP contribution in [0.1, 0.15) is 73.6 Å². The number of aliphatic hydroxyl groups is 3. The van der Waals surface area contributed by atoms with Crippen LogP contribution in [0.3, 0.4) is 0 Å². The van der Waals surface area contributed by atoms with Gasteiger partial charge in [0.2, 0.25) is 0 Å². The molecule has 0 amide bonds. The highest BCUT2D eigenvalue weighted by atomic mass is 16.7. The Morgan fingerprint density at radius 3 is 2.55 bits per heavy atom. The van der Waals surface area contributed by atoms with Crippen molar-refractivity contribution < 1.29 is 24.8 Å². The van der Waals surface area contributed by atoms with Gasteiger partial charge in [-0.2, -0.15) is 0 Å². The van der Waals surface area contributed by atoms with Crippen LogP contribution in [0.4, 0.5) is 0 Å². The molecule has 1 aliphatic heterocycles. The predicted octanol–water partition coefficient (Wildman–Crippen LogP) is 4.21. The fourth-order valence-corrected chi connectivity index (χ4v) is 6.62. The Hall–Kier alpha value is -0.720. The molecule has 1 saturated heterocycles. The Kier molecular flexibility index (Phi) is 7.44. The molecular weight excluding hydrogens is 392 g/mol. The van der Waals surface area contributed by atoms with E-state index in [4.69, 9.17) is 9.47 Å². The molecule has 0 unspecified atom stereocenters. The Balaban J connectivity index is 1.90. The van der Waals surface area contributed by atoms with E-state index in [9.17, 15) is 15.3 Å². The number of hydrogen-bond donors (Lipinski definition) is 3. The van der Waals surface area contributed by atoms with Gasteiger partial charge in [-0.25, -0.2) is 0 Å². The summed E-state index contributed by atoms with van der Waals surface area (Å²) in [5.74, 6) is 1.31. The lowest BCUT2D eigenvalue weighted by atomic mass is 9.47. The average Bonchev–Trinajstić information content (AvgIpc) is 2.71. The summed E-state index contributed by atoms with van der Waals surface area (Å²) in [5.41, 5.74) is 1.52. The van der Waals surface area contributed by atoms with Crippen molar-refractivity contribution in [3.63, 3.8) is 0 Å². The summed E-state index contributed by atoms with van der Waals surface area (Å²) >= 11 is 0. The van der Waals surface area contributed by atoms with Crippen LogP contribution >= 0.6 is 0 Å². The monoisotopic (exact) mass is 436 g/mol. The fourth-order valence-electron chi connectivity index (χ4n) is 6.62. The molecule has 2 aliphatic carbocycles. The molecule has 1 heterocycles. The second-order valence-corrected chi connectivity index (χ2v) is 11.3. The van der Waals surface area contributed by atoms with Crippen LogP contribution in [0.5, 0.6) is 0 Å². The molecule has 10 atom stereocenters. The lowest BCUT2D eigenvalue weighted by Crippen LogP contribution is -2.61. The molecule has 31 heavy (non-hydrogen) atoms. The van der Waals surface area contributed by atoms with Gasteiger partial charge in [0, 0.05) is 5.41 Å². The van der Waals surface area contributed by atoms with Gasteiger partial charge < -0.3 is 24.8 Å². The van der Waals surface area contributed by atoms with Crippen molar-refractivity contribution >= 4 is 0 Å². The largest absolute Gasteiger partial charge is 0.388 e. The quantitative estimate of drug-likeness (QED) is 0.544. The van der Waals surface area contributed by atoms with Crippen molar-refractivity contribution in [1.82, 2.24) is 0 Å². The lowest BCUT2D eigenvalue weighted by molar-refractivity contribution is -0.324. The van der Waals surface area contributed by atoms with Crippen molar-refractivity contribution in [1.29, 1.82) is 0 Å². The number of ether oxygens (including phenoxy) is 2. The maximum atomic E-state index is 10.6. The maximum absolute atomic E-state index is 10.6. The second-order valence-electron chi connectivity index (χ2n) is 11.3. The number of aliphatic hydroxyl groups excluding tert-OH is 3. The predicted molar refractivity (Wildman–Crippen MR) is 122 cm³/mol. The van der Waals surface area contributed by atoms with Crippen LogP contribution in [0, 0.1) is 28.6 Å². The van der Waals surface area contributed by atoms with Gasteiger partial charge in [-0.3, -0.25) is 0 Å². The zero-order chi connectivity index (χ0) is 23.1. The highest BCUT2D eigenvalue weighted by Gasteiger charge is 2.58. The number of hydrogen-bond acceptors (Lipinski definition) is 5. The van der Waals surface area contributed by atoms with Gasteiger partial charge in [0.15, 0.2) is 6.29 Å². The summed E-state index contributed by atoms with van der Waals surface area (Å²) in [6.45, 7) is 17.2. The summed E-state index contributed by atoms with van der Waals surface area (Å²) in [6.07, 6.45) is 4.32. The zero-order valence-electron chi connectivity index (χ0n) is 20.3. The molecule has 0 aromatic heterocycles. The van der Waals surface area contributed by atoms with Crippen LogP contribution in [0.15, 0.2) is 24.3 Å². The molecule has 3 rings (SSSR count). The van der Waals surface area contributed by atoms with Gasteiger partial charge in [0.25, 0.3) is 0 Å². The van der Waals surface area contributed by atoms with Gasteiger partial charge in [-0.05, 0) is 69.1 Å². The Morgan fingerprint density at radius 1 is 1.23 bits per heavy atom. The first-order chi connectivity index (χ1) is 14.4. The normalized spacial score (nSPS) is 46.0. The van der Waals surface area contributed by atoms with E-state index in [1.807, 2.05) is 6.08 Å². The van der Waals surface area contributed by atoms with E-state index in [0.29, 0.717) is 17.8 Å².